The molecule has 0 radical (unpaired) electrons. The van der Waals surface area contributed by atoms with E-state index in [-0.39, 0.29) is 24.0 Å². The molecule has 1 aromatic heterocycles. The van der Waals surface area contributed by atoms with E-state index in [4.69, 9.17) is 4.98 Å². The smallest absolute Gasteiger partial charge is 1.00 e. The molecule has 0 unspecified atom stereocenters. The van der Waals surface area contributed by atoms with E-state index in [1.807, 2.05) is 0 Å². The molecule has 3 rings (SSSR count). The molecular weight excluding hydrogens is 402 g/mol. The summed E-state index contributed by atoms with van der Waals surface area (Å²) in [5.74, 6) is 0. The molecule has 1 heterocycles. The third-order valence-electron chi connectivity index (χ3n) is 2.79. The summed E-state index contributed by atoms with van der Waals surface area (Å²) in [7, 11) is 4.14. The standard InChI is InChI=1S/C14H13N2Se.HI/c1-16(2)10-7-8-12-14(9-10)17-13-6-4-3-5-11(13)15-12;/h3-9H,1-2H3;1H/q+1;/p-1. The van der Waals surface area contributed by atoms with Gasteiger partial charge < -0.3 is 24.0 Å². The van der Waals surface area contributed by atoms with Crippen molar-refractivity contribution >= 4 is 39.7 Å². The van der Waals surface area contributed by atoms with Crippen molar-refractivity contribution in [2.24, 2.45) is 0 Å². The largest absolute Gasteiger partial charge is 1.00 e. The van der Waals surface area contributed by atoms with Crippen molar-refractivity contribution in [1.82, 2.24) is 4.98 Å². The molecule has 4 heteroatoms. The molecule has 0 N–H and O–H groups in total. The minimum Gasteiger partial charge on any atom is -1.00 e. The van der Waals surface area contributed by atoms with Crippen molar-refractivity contribution in [3.63, 3.8) is 0 Å². The van der Waals surface area contributed by atoms with Gasteiger partial charge in [0.2, 0.25) is 0 Å². The first-order valence-electron chi connectivity index (χ1n) is 5.54. The molecule has 3 aromatic rings. The van der Waals surface area contributed by atoms with Crippen LogP contribution in [0.15, 0.2) is 42.5 Å². The van der Waals surface area contributed by atoms with Gasteiger partial charge in [0.15, 0.2) is 0 Å². The second-order valence-electron chi connectivity index (χ2n) is 4.23. The SMILES string of the molecule is CN(C)c1ccc2nc3ccccc3[se+]c2c1.[I-]. The number of rotatable bonds is 1. The minimum absolute atomic E-state index is 0. The Morgan fingerprint density at radius 2 is 1.67 bits per heavy atom. The van der Waals surface area contributed by atoms with E-state index in [0.717, 1.165) is 11.0 Å². The van der Waals surface area contributed by atoms with Crippen LogP contribution in [-0.2, 0) is 0 Å². The van der Waals surface area contributed by atoms with E-state index >= 15 is 0 Å². The number of para-hydroxylation sites is 1. The van der Waals surface area contributed by atoms with Gasteiger partial charge in [0.05, 0.1) is 0 Å². The predicted octanol–water partition coefficient (Wildman–Crippen LogP) is -0.204. The van der Waals surface area contributed by atoms with Crippen LogP contribution in [0.4, 0.5) is 5.69 Å². The predicted molar refractivity (Wildman–Crippen MR) is 74.9 cm³/mol. The zero-order chi connectivity index (χ0) is 11.8. The fourth-order valence-electron chi connectivity index (χ4n) is 1.84. The van der Waals surface area contributed by atoms with Gasteiger partial charge >= 0.3 is 106 Å². The van der Waals surface area contributed by atoms with Gasteiger partial charge in [-0.05, 0) is 0 Å². The van der Waals surface area contributed by atoms with Crippen molar-refractivity contribution in [2.45, 2.75) is 0 Å². The number of aromatic nitrogens is 1. The van der Waals surface area contributed by atoms with E-state index in [1.54, 1.807) is 0 Å². The van der Waals surface area contributed by atoms with Crippen molar-refractivity contribution in [1.29, 1.82) is 0 Å². The topological polar surface area (TPSA) is 16.1 Å². The molecule has 0 atom stereocenters. The Labute approximate surface area is 129 Å². The summed E-state index contributed by atoms with van der Waals surface area (Å²) < 4.78 is 2.76. The Kier molecular flexibility index (Phi) is 4.20. The average Bonchev–Trinajstić information content (AvgIpc) is 2.35. The number of hydrogen-bond donors (Lipinski definition) is 0. The molecule has 92 valence electrons. The second kappa shape index (κ2) is 5.51. The number of anilines is 1. The number of halogens is 1. The first kappa shape index (κ1) is 13.7. The summed E-state index contributed by atoms with van der Waals surface area (Å²) in [5.41, 5.74) is 3.52. The van der Waals surface area contributed by atoms with Gasteiger partial charge in [0.25, 0.3) is 0 Å². The summed E-state index contributed by atoms with van der Waals surface area (Å²) in [6.45, 7) is 0. The maximum atomic E-state index is 4.71. The van der Waals surface area contributed by atoms with E-state index in [9.17, 15) is 0 Å². The summed E-state index contributed by atoms with van der Waals surface area (Å²) in [6.07, 6.45) is 0. The van der Waals surface area contributed by atoms with Crippen LogP contribution in [0.1, 0.15) is 0 Å². The average molecular weight is 415 g/mol. The molecule has 0 fully saturated rings. The monoisotopic (exact) mass is 416 g/mol. The van der Waals surface area contributed by atoms with Crippen LogP contribution >= 0.6 is 0 Å². The number of hydrogen-bond acceptors (Lipinski definition) is 2. The minimum atomic E-state index is 0. The van der Waals surface area contributed by atoms with Gasteiger partial charge in [-0.2, -0.15) is 0 Å². The van der Waals surface area contributed by atoms with Crippen LogP contribution in [0.25, 0.3) is 19.6 Å². The van der Waals surface area contributed by atoms with E-state index in [2.05, 4.69) is 61.5 Å². The first-order chi connectivity index (χ1) is 8.24. The molecule has 18 heavy (non-hydrogen) atoms. The van der Waals surface area contributed by atoms with Crippen molar-refractivity contribution in [3.8, 4) is 0 Å². The van der Waals surface area contributed by atoms with Crippen LogP contribution in [0, 0.1) is 0 Å². The molecule has 0 saturated carbocycles. The van der Waals surface area contributed by atoms with Gasteiger partial charge in [-0.3, -0.25) is 0 Å². The Morgan fingerprint density at radius 3 is 2.44 bits per heavy atom. The van der Waals surface area contributed by atoms with Gasteiger partial charge in [-0.15, -0.1) is 0 Å². The van der Waals surface area contributed by atoms with Crippen LogP contribution in [0.3, 0.4) is 0 Å². The second-order valence-corrected chi connectivity index (χ2v) is 6.50. The van der Waals surface area contributed by atoms with Gasteiger partial charge in [-0.1, -0.05) is 0 Å². The van der Waals surface area contributed by atoms with E-state index in [0.29, 0.717) is 14.5 Å². The van der Waals surface area contributed by atoms with Crippen molar-refractivity contribution in [3.05, 3.63) is 42.5 Å². The van der Waals surface area contributed by atoms with Crippen LogP contribution < -0.4 is 28.9 Å². The fourth-order valence-corrected chi connectivity index (χ4v) is 3.94. The van der Waals surface area contributed by atoms with Gasteiger partial charge in [0.1, 0.15) is 0 Å². The number of benzene rings is 2. The van der Waals surface area contributed by atoms with Crippen LogP contribution in [-0.4, -0.2) is 33.6 Å². The quantitative estimate of drug-likeness (QED) is 0.311. The Bertz CT molecular complexity index is 698. The Hall–Kier alpha value is -0.711. The third-order valence-corrected chi connectivity index (χ3v) is 5.12. The first-order valence-corrected chi connectivity index (χ1v) is 7.25. The third kappa shape index (κ3) is 2.51. The maximum absolute atomic E-state index is 4.71. The van der Waals surface area contributed by atoms with Crippen LogP contribution in [0.5, 0.6) is 0 Å². The van der Waals surface area contributed by atoms with Crippen molar-refractivity contribution in [2.75, 3.05) is 19.0 Å². The summed E-state index contributed by atoms with van der Waals surface area (Å²) in [5, 5.41) is 0. The zero-order valence-corrected chi connectivity index (χ0v) is 14.1. The molecular formula is C14H13IN2Se. The molecule has 0 amide bonds. The molecule has 0 aliphatic carbocycles. The fraction of sp³-hybridized carbons (Fsp3) is 0.143. The van der Waals surface area contributed by atoms with Crippen molar-refractivity contribution < 1.29 is 24.0 Å². The number of fused-ring (bicyclic) bond motifs is 2. The molecule has 0 bridgehead atoms. The van der Waals surface area contributed by atoms with Gasteiger partial charge in [-0.25, -0.2) is 0 Å². The Morgan fingerprint density at radius 1 is 0.944 bits per heavy atom. The summed E-state index contributed by atoms with van der Waals surface area (Å²) in [6, 6.07) is 14.9. The molecule has 0 aliphatic heterocycles. The van der Waals surface area contributed by atoms with Crippen LogP contribution in [0.2, 0.25) is 0 Å². The summed E-state index contributed by atoms with van der Waals surface area (Å²) >= 11 is 0.375. The summed E-state index contributed by atoms with van der Waals surface area (Å²) in [4.78, 5) is 6.84. The molecule has 2 nitrogen and oxygen atoms in total. The molecule has 2 aromatic carbocycles. The maximum Gasteiger partial charge on any atom is -1.00 e. The number of nitrogens with zero attached hydrogens (tertiary/aromatic N) is 2. The molecule has 0 spiro atoms. The normalized spacial score (nSPS) is 10.3. The van der Waals surface area contributed by atoms with E-state index in [1.165, 1.54) is 14.2 Å². The molecule has 0 saturated heterocycles. The van der Waals surface area contributed by atoms with E-state index < -0.39 is 0 Å². The van der Waals surface area contributed by atoms with Gasteiger partial charge in [0, 0.05) is 0 Å². The zero-order valence-electron chi connectivity index (χ0n) is 10.2. The molecule has 0 aliphatic rings. The Balaban J connectivity index is 0.00000120.